The van der Waals surface area contributed by atoms with Gasteiger partial charge in [0.15, 0.2) is 5.75 Å². The van der Waals surface area contributed by atoms with Gasteiger partial charge in [0.05, 0.1) is 24.2 Å². The van der Waals surface area contributed by atoms with Crippen LogP contribution in [-0.4, -0.2) is 35.8 Å². The second-order valence-corrected chi connectivity index (χ2v) is 7.82. The fourth-order valence-electron chi connectivity index (χ4n) is 4.32. The van der Waals surface area contributed by atoms with Gasteiger partial charge in [0, 0.05) is 41.4 Å². The molecule has 172 valence electrons. The average molecular weight is 464 g/mol. The Morgan fingerprint density at radius 1 is 1.15 bits per heavy atom. The third-order valence-electron chi connectivity index (χ3n) is 5.70. The molecule has 0 unspecified atom stereocenters. The normalized spacial score (nSPS) is 16.0. The Morgan fingerprint density at radius 2 is 1.94 bits per heavy atom. The van der Waals surface area contributed by atoms with E-state index in [1.54, 1.807) is 4.90 Å². The van der Waals surface area contributed by atoms with Crippen LogP contribution in [0.15, 0.2) is 41.3 Å². The summed E-state index contributed by atoms with van der Waals surface area (Å²) in [6, 6.07) is 3.16. The van der Waals surface area contributed by atoms with Crippen molar-refractivity contribution in [3.05, 3.63) is 64.2 Å². The summed E-state index contributed by atoms with van der Waals surface area (Å²) in [4.78, 5) is 18.6. The Hall–Kier alpha value is -3.63. The van der Waals surface area contributed by atoms with E-state index in [1.165, 1.54) is 4.57 Å². The molecule has 5 rings (SSSR count). The quantitative estimate of drug-likeness (QED) is 0.587. The number of halogens is 5. The largest absolute Gasteiger partial charge is 0.489 e. The molecule has 6 nitrogen and oxygen atoms in total. The van der Waals surface area contributed by atoms with Gasteiger partial charge in [-0.1, -0.05) is 6.58 Å². The first-order valence-corrected chi connectivity index (χ1v) is 10.1. The zero-order valence-corrected chi connectivity index (χ0v) is 17.1. The highest BCUT2D eigenvalue weighted by atomic mass is 19.4. The zero-order valence-electron chi connectivity index (χ0n) is 17.1. The van der Waals surface area contributed by atoms with Gasteiger partial charge in [-0.2, -0.15) is 18.2 Å². The summed E-state index contributed by atoms with van der Waals surface area (Å²) < 4.78 is 77.7. The van der Waals surface area contributed by atoms with Gasteiger partial charge in [-0.25, -0.2) is 13.6 Å². The lowest BCUT2D eigenvalue weighted by Crippen LogP contribution is -2.43. The van der Waals surface area contributed by atoms with Gasteiger partial charge in [-0.15, -0.1) is 0 Å². The molecule has 1 aromatic heterocycles. The molecule has 0 atom stereocenters. The van der Waals surface area contributed by atoms with Crippen LogP contribution in [0.5, 0.6) is 5.75 Å². The Labute approximate surface area is 183 Å². The number of nitrogens with zero attached hydrogens (tertiary/aromatic N) is 3. The molecule has 0 aliphatic carbocycles. The number of piperazine rings is 1. The number of aromatic nitrogens is 2. The first-order valence-electron chi connectivity index (χ1n) is 10.1. The second-order valence-electron chi connectivity index (χ2n) is 7.82. The fourth-order valence-corrected chi connectivity index (χ4v) is 4.32. The summed E-state index contributed by atoms with van der Waals surface area (Å²) in [6.07, 6.45) is -4.90. The number of alkyl halides is 3. The van der Waals surface area contributed by atoms with Crippen LogP contribution >= 0.6 is 0 Å². The first kappa shape index (κ1) is 21.2. The van der Waals surface area contributed by atoms with Crippen molar-refractivity contribution in [2.75, 3.05) is 31.1 Å². The lowest BCUT2D eigenvalue weighted by molar-refractivity contribution is -0.137. The minimum absolute atomic E-state index is 0.0533. The van der Waals surface area contributed by atoms with E-state index in [1.807, 2.05) is 0 Å². The Morgan fingerprint density at radius 3 is 2.64 bits per heavy atom. The van der Waals surface area contributed by atoms with Crippen molar-refractivity contribution in [1.82, 2.24) is 14.9 Å². The summed E-state index contributed by atoms with van der Waals surface area (Å²) in [5, 5.41) is 3.10. The molecule has 1 N–H and O–H groups in total. The van der Waals surface area contributed by atoms with E-state index in [9.17, 15) is 26.7 Å². The Kier molecular flexibility index (Phi) is 4.80. The van der Waals surface area contributed by atoms with Crippen LogP contribution in [0.2, 0.25) is 0 Å². The molecule has 33 heavy (non-hydrogen) atoms. The number of benzene rings is 2. The van der Waals surface area contributed by atoms with Crippen LogP contribution in [0.4, 0.5) is 27.8 Å². The van der Waals surface area contributed by atoms with Crippen molar-refractivity contribution in [2.24, 2.45) is 0 Å². The zero-order chi connectivity index (χ0) is 23.5. The van der Waals surface area contributed by atoms with Crippen molar-refractivity contribution in [3.8, 4) is 16.9 Å². The molecule has 0 amide bonds. The van der Waals surface area contributed by atoms with Crippen LogP contribution in [0.3, 0.4) is 0 Å². The molecule has 0 radical (unpaired) electrons. The average Bonchev–Trinajstić information content (AvgIpc) is 2.75. The molecule has 0 saturated carbocycles. The summed E-state index contributed by atoms with van der Waals surface area (Å²) in [5.74, 6) is -2.32. The van der Waals surface area contributed by atoms with Gasteiger partial charge < -0.3 is 15.0 Å². The van der Waals surface area contributed by atoms with E-state index in [0.717, 1.165) is 18.2 Å². The van der Waals surface area contributed by atoms with Crippen LogP contribution in [0.25, 0.3) is 22.0 Å². The van der Waals surface area contributed by atoms with E-state index < -0.39 is 40.2 Å². The standard InChI is InChI=1S/C22H17F5N4O2/c1-11-10-30(5-4-28-11)20-14-9-15(22(25,26)27)17(13-3-2-12(23)8-16(13)24)19-18(14)31(6-7-33-19)21(32)29-20/h2-3,8-9,28H,1,4-7,10H2. The lowest BCUT2D eigenvalue weighted by atomic mass is 9.94. The molecule has 11 heteroatoms. The fraction of sp³-hybridized carbons (Fsp3) is 0.273. The molecule has 0 spiro atoms. The number of anilines is 1. The van der Waals surface area contributed by atoms with Gasteiger partial charge in [0.1, 0.15) is 24.1 Å². The maximum absolute atomic E-state index is 14.7. The van der Waals surface area contributed by atoms with Crippen molar-refractivity contribution >= 4 is 16.7 Å². The minimum atomic E-state index is -4.90. The minimum Gasteiger partial charge on any atom is -0.489 e. The molecular formula is C22H17F5N4O2. The monoisotopic (exact) mass is 464 g/mol. The predicted octanol–water partition coefficient (Wildman–Crippen LogP) is 3.68. The molecule has 1 saturated heterocycles. The third kappa shape index (κ3) is 3.47. The van der Waals surface area contributed by atoms with Gasteiger partial charge in [-0.05, 0) is 18.2 Å². The summed E-state index contributed by atoms with van der Waals surface area (Å²) in [7, 11) is 0. The highest BCUT2D eigenvalue weighted by molar-refractivity contribution is 6.00. The number of ether oxygens (including phenoxy) is 1. The highest BCUT2D eigenvalue weighted by Gasteiger charge is 2.39. The predicted molar refractivity (Wildman–Crippen MR) is 111 cm³/mol. The van der Waals surface area contributed by atoms with Crippen LogP contribution < -0.4 is 20.6 Å². The van der Waals surface area contributed by atoms with E-state index in [-0.39, 0.29) is 42.2 Å². The Bertz CT molecular complexity index is 1370. The SMILES string of the molecule is C=C1CN(c2nc(=O)n3c4c(c(-c5ccc(F)cc5F)c(C(F)(F)F)cc24)OCC3)CCN1. The van der Waals surface area contributed by atoms with E-state index >= 15 is 0 Å². The van der Waals surface area contributed by atoms with Crippen molar-refractivity contribution in [2.45, 2.75) is 12.7 Å². The van der Waals surface area contributed by atoms with Crippen LogP contribution in [0, 0.1) is 11.6 Å². The molecule has 0 bridgehead atoms. The summed E-state index contributed by atoms with van der Waals surface area (Å²) in [5.41, 5.74) is -2.16. The summed E-state index contributed by atoms with van der Waals surface area (Å²) in [6.45, 7) is 4.91. The highest BCUT2D eigenvalue weighted by Crippen LogP contribution is 2.48. The van der Waals surface area contributed by atoms with Crippen molar-refractivity contribution in [3.63, 3.8) is 0 Å². The molecular weight excluding hydrogens is 447 g/mol. The van der Waals surface area contributed by atoms with Gasteiger partial charge >= 0.3 is 11.9 Å². The first-order chi connectivity index (χ1) is 15.6. The van der Waals surface area contributed by atoms with E-state index in [2.05, 4.69) is 16.9 Å². The molecule has 3 heterocycles. The van der Waals surface area contributed by atoms with Gasteiger partial charge in [0.25, 0.3) is 0 Å². The lowest BCUT2D eigenvalue weighted by Gasteiger charge is -2.32. The topological polar surface area (TPSA) is 59.4 Å². The maximum Gasteiger partial charge on any atom is 0.417 e. The molecule has 1 fully saturated rings. The summed E-state index contributed by atoms with van der Waals surface area (Å²) >= 11 is 0. The Balaban J connectivity index is 1.90. The van der Waals surface area contributed by atoms with Crippen LogP contribution in [0.1, 0.15) is 5.56 Å². The van der Waals surface area contributed by atoms with E-state index in [0.29, 0.717) is 24.9 Å². The maximum atomic E-state index is 14.7. The molecule has 2 aliphatic heterocycles. The van der Waals surface area contributed by atoms with Crippen molar-refractivity contribution < 1.29 is 26.7 Å². The smallest absolute Gasteiger partial charge is 0.417 e. The second kappa shape index (κ2) is 7.46. The molecule has 2 aromatic carbocycles. The van der Waals surface area contributed by atoms with Gasteiger partial charge in [-0.3, -0.25) is 4.57 Å². The van der Waals surface area contributed by atoms with E-state index in [4.69, 9.17) is 4.74 Å². The third-order valence-corrected chi connectivity index (χ3v) is 5.70. The molecule has 2 aliphatic rings. The number of rotatable bonds is 2. The van der Waals surface area contributed by atoms with Crippen molar-refractivity contribution in [1.29, 1.82) is 0 Å². The molecule has 3 aromatic rings. The van der Waals surface area contributed by atoms with Crippen LogP contribution in [-0.2, 0) is 12.7 Å². The van der Waals surface area contributed by atoms with Gasteiger partial charge in [0.2, 0.25) is 0 Å². The number of nitrogens with one attached hydrogen (secondary N) is 1. The number of hydrogen-bond donors (Lipinski definition) is 1. The number of hydrogen-bond acceptors (Lipinski definition) is 5.